The van der Waals surface area contributed by atoms with E-state index in [0.29, 0.717) is 23.6 Å². The fourth-order valence-corrected chi connectivity index (χ4v) is 3.62. The zero-order chi connectivity index (χ0) is 18.4. The molecule has 2 N–H and O–H groups in total. The SMILES string of the molecule is O=C(O)c1cc(OCCCCS(=O)(=O)c2ccc(Cl)cc2)ccc1O. The van der Waals surface area contributed by atoms with Gasteiger partial charge >= 0.3 is 5.97 Å². The van der Waals surface area contributed by atoms with Gasteiger partial charge in [0.25, 0.3) is 0 Å². The van der Waals surface area contributed by atoms with Crippen LogP contribution < -0.4 is 4.74 Å². The Hall–Kier alpha value is -2.25. The number of aromatic hydroxyl groups is 1. The van der Waals surface area contributed by atoms with Gasteiger partial charge in [-0.25, -0.2) is 13.2 Å². The van der Waals surface area contributed by atoms with E-state index in [2.05, 4.69) is 0 Å². The van der Waals surface area contributed by atoms with Gasteiger partial charge in [-0.05, 0) is 55.3 Å². The lowest BCUT2D eigenvalue weighted by Gasteiger charge is -2.08. The Morgan fingerprint density at radius 1 is 1.08 bits per heavy atom. The van der Waals surface area contributed by atoms with E-state index in [1.807, 2.05) is 0 Å². The first-order chi connectivity index (χ1) is 11.8. The van der Waals surface area contributed by atoms with E-state index >= 15 is 0 Å². The molecule has 2 rings (SSSR count). The molecule has 0 aliphatic carbocycles. The van der Waals surface area contributed by atoms with Gasteiger partial charge in [-0.2, -0.15) is 0 Å². The highest BCUT2D eigenvalue weighted by Gasteiger charge is 2.14. The number of carboxylic acids is 1. The van der Waals surface area contributed by atoms with Crippen molar-refractivity contribution in [1.82, 2.24) is 0 Å². The van der Waals surface area contributed by atoms with Crippen LogP contribution in [-0.2, 0) is 9.84 Å². The molecule has 0 fully saturated rings. The molecule has 0 bridgehead atoms. The molecule has 2 aromatic rings. The molecule has 6 nitrogen and oxygen atoms in total. The number of unbranched alkanes of at least 4 members (excludes halogenated alkanes) is 1. The van der Waals surface area contributed by atoms with E-state index in [0.717, 1.165) is 0 Å². The molecule has 0 radical (unpaired) electrons. The number of benzene rings is 2. The smallest absolute Gasteiger partial charge is 0.339 e. The van der Waals surface area contributed by atoms with E-state index in [1.54, 1.807) is 0 Å². The van der Waals surface area contributed by atoms with Crippen molar-refractivity contribution in [2.24, 2.45) is 0 Å². The summed E-state index contributed by atoms with van der Waals surface area (Å²) in [5.41, 5.74) is -0.247. The molecule has 0 saturated heterocycles. The highest BCUT2D eigenvalue weighted by atomic mass is 35.5. The normalized spacial score (nSPS) is 11.2. The first-order valence-electron chi connectivity index (χ1n) is 7.47. The van der Waals surface area contributed by atoms with Crippen LogP contribution in [0.3, 0.4) is 0 Å². The summed E-state index contributed by atoms with van der Waals surface area (Å²) in [6.07, 6.45) is 0.880. The van der Waals surface area contributed by atoms with Crippen LogP contribution in [0.2, 0.25) is 5.02 Å². The van der Waals surface area contributed by atoms with Crippen LogP contribution in [0.25, 0.3) is 0 Å². The quantitative estimate of drug-likeness (QED) is 0.676. The molecule has 0 unspecified atom stereocenters. The summed E-state index contributed by atoms with van der Waals surface area (Å²) in [7, 11) is -3.37. The minimum absolute atomic E-state index is 0.0199. The summed E-state index contributed by atoms with van der Waals surface area (Å²) >= 11 is 5.74. The second-order valence-corrected chi connectivity index (χ2v) is 7.86. The van der Waals surface area contributed by atoms with Gasteiger partial charge in [0.05, 0.1) is 17.3 Å². The lowest BCUT2D eigenvalue weighted by Crippen LogP contribution is -2.08. The van der Waals surface area contributed by atoms with Crippen molar-refractivity contribution in [3.8, 4) is 11.5 Å². The second kappa shape index (κ2) is 8.22. The second-order valence-electron chi connectivity index (χ2n) is 5.31. The molecule has 0 aromatic heterocycles. The Bertz CT molecular complexity index is 846. The zero-order valence-electron chi connectivity index (χ0n) is 13.2. The van der Waals surface area contributed by atoms with Crippen LogP contribution in [0, 0.1) is 0 Å². The van der Waals surface area contributed by atoms with Gasteiger partial charge in [0.1, 0.15) is 17.1 Å². The third-order valence-electron chi connectivity index (χ3n) is 3.45. The maximum atomic E-state index is 12.2. The van der Waals surface area contributed by atoms with Gasteiger partial charge in [0.15, 0.2) is 9.84 Å². The monoisotopic (exact) mass is 384 g/mol. The lowest BCUT2D eigenvalue weighted by atomic mass is 10.2. The Balaban J connectivity index is 1.83. The number of phenols is 1. The van der Waals surface area contributed by atoms with Gasteiger partial charge in [-0.15, -0.1) is 0 Å². The molecule has 0 aliphatic rings. The Labute approximate surface area is 150 Å². The standard InChI is InChI=1S/C17H17ClO6S/c18-12-3-6-14(7-4-12)25(22,23)10-2-1-9-24-13-5-8-16(19)15(11-13)17(20)21/h3-8,11,19H,1-2,9-10H2,(H,20,21). The fraction of sp³-hybridized carbons (Fsp3) is 0.235. The Kier molecular flexibility index (Phi) is 6.27. The first kappa shape index (κ1) is 19.1. The van der Waals surface area contributed by atoms with Crippen molar-refractivity contribution in [3.05, 3.63) is 53.1 Å². The van der Waals surface area contributed by atoms with Crippen LogP contribution in [0.4, 0.5) is 0 Å². The van der Waals surface area contributed by atoms with Crippen molar-refractivity contribution in [2.45, 2.75) is 17.7 Å². The fourth-order valence-electron chi connectivity index (χ4n) is 2.12. The highest BCUT2D eigenvalue weighted by Crippen LogP contribution is 2.23. The highest BCUT2D eigenvalue weighted by molar-refractivity contribution is 7.91. The molecule has 2 aromatic carbocycles. The summed E-state index contributed by atoms with van der Waals surface area (Å²) < 4.78 is 29.7. The molecule has 0 atom stereocenters. The van der Waals surface area contributed by atoms with Crippen LogP contribution in [-0.4, -0.2) is 37.0 Å². The molecule has 134 valence electrons. The number of ether oxygens (including phenoxy) is 1. The number of sulfone groups is 1. The number of rotatable bonds is 8. The molecule has 0 amide bonds. The summed E-state index contributed by atoms with van der Waals surface area (Å²) in [6, 6.07) is 9.92. The minimum Gasteiger partial charge on any atom is -0.507 e. The van der Waals surface area contributed by atoms with E-state index in [9.17, 15) is 18.3 Å². The minimum atomic E-state index is -3.37. The summed E-state index contributed by atoms with van der Waals surface area (Å²) in [5.74, 6) is -1.31. The molecule has 8 heteroatoms. The lowest BCUT2D eigenvalue weighted by molar-refractivity contribution is 0.0693. The molecule has 0 saturated carbocycles. The van der Waals surface area contributed by atoms with Crippen LogP contribution in [0.5, 0.6) is 11.5 Å². The predicted octanol–water partition coefficient (Wildman–Crippen LogP) is 3.38. The molecular formula is C17H17ClO6S. The zero-order valence-corrected chi connectivity index (χ0v) is 14.8. The predicted molar refractivity (Wildman–Crippen MR) is 93.3 cm³/mol. The maximum absolute atomic E-state index is 12.2. The topological polar surface area (TPSA) is 101 Å². The number of hydrogen-bond donors (Lipinski definition) is 2. The maximum Gasteiger partial charge on any atom is 0.339 e. The van der Waals surface area contributed by atoms with Crippen LogP contribution in [0.15, 0.2) is 47.4 Å². The largest absolute Gasteiger partial charge is 0.507 e. The van der Waals surface area contributed by atoms with E-state index in [-0.39, 0.29) is 28.6 Å². The van der Waals surface area contributed by atoms with Crippen LogP contribution >= 0.6 is 11.6 Å². The summed E-state index contributed by atoms with van der Waals surface area (Å²) in [4.78, 5) is 11.2. The average Bonchev–Trinajstić information content (AvgIpc) is 2.56. The van der Waals surface area contributed by atoms with E-state index in [4.69, 9.17) is 21.4 Å². The number of aromatic carboxylic acids is 1. The van der Waals surface area contributed by atoms with Gasteiger partial charge in [-0.1, -0.05) is 11.6 Å². The van der Waals surface area contributed by atoms with Gasteiger partial charge in [0.2, 0.25) is 0 Å². The third kappa shape index (κ3) is 5.37. The number of halogens is 1. The molecule has 0 heterocycles. The summed E-state index contributed by atoms with van der Waals surface area (Å²) in [5, 5.41) is 18.8. The van der Waals surface area contributed by atoms with Crippen molar-refractivity contribution in [2.75, 3.05) is 12.4 Å². The van der Waals surface area contributed by atoms with Crippen molar-refractivity contribution < 1.29 is 28.2 Å². The van der Waals surface area contributed by atoms with Gasteiger partial charge in [-0.3, -0.25) is 0 Å². The number of hydrogen-bond acceptors (Lipinski definition) is 5. The summed E-state index contributed by atoms with van der Waals surface area (Å²) in [6.45, 7) is 0.236. The van der Waals surface area contributed by atoms with Crippen molar-refractivity contribution >= 4 is 27.4 Å². The third-order valence-corrected chi connectivity index (χ3v) is 5.52. The number of carboxylic acid groups (broad SMARTS) is 1. The van der Waals surface area contributed by atoms with E-state index in [1.165, 1.54) is 42.5 Å². The Morgan fingerprint density at radius 2 is 1.76 bits per heavy atom. The molecular weight excluding hydrogens is 368 g/mol. The first-order valence-corrected chi connectivity index (χ1v) is 9.50. The van der Waals surface area contributed by atoms with Gasteiger partial charge < -0.3 is 14.9 Å². The van der Waals surface area contributed by atoms with Crippen molar-refractivity contribution in [3.63, 3.8) is 0 Å². The number of carbonyl (C=O) groups is 1. The molecule has 0 spiro atoms. The van der Waals surface area contributed by atoms with Crippen LogP contribution in [0.1, 0.15) is 23.2 Å². The average molecular weight is 385 g/mol. The molecule has 0 aliphatic heterocycles. The van der Waals surface area contributed by atoms with Gasteiger partial charge in [0, 0.05) is 5.02 Å². The van der Waals surface area contributed by atoms with Crippen molar-refractivity contribution in [1.29, 1.82) is 0 Å². The van der Waals surface area contributed by atoms with E-state index < -0.39 is 15.8 Å². The Morgan fingerprint density at radius 3 is 2.40 bits per heavy atom. The molecule has 25 heavy (non-hydrogen) atoms.